The Bertz CT molecular complexity index is 219. The van der Waals surface area contributed by atoms with Crippen LogP contribution in [-0.4, -0.2) is 0 Å². The van der Waals surface area contributed by atoms with Crippen molar-refractivity contribution in [1.82, 2.24) is 0 Å². The molecule has 0 aliphatic rings. The summed E-state index contributed by atoms with van der Waals surface area (Å²) < 4.78 is 2.63. The molecule has 60 valence electrons. The van der Waals surface area contributed by atoms with Gasteiger partial charge in [-0.3, -0.25) is 0 Å². The van der Waals surface area contributed by atoms with Crippen LogP contribution in [0.25, 0.3) is 0 Å². The highest BCUT2D eigenvalue weighted by Crippen LogP contribution is 2.57. The van der Waals surface area contributed by atoms with E-state index in [1.54, 1.807) is 0 Å². The smallest absolute Gasteiger partial charge is 0.176 e. The number of hydrogen-bond donors (Lipinski definition) is 0. The summed E-state index contributed by atoms with van der Waals surface area (Å²) in [6, 6.07) is 5.75. The molecular formula is C6H5BrCl2NP. The number of nitrogens with zero attached hydrogens (tertiary/aromatic N) is 1. The first-order valence-electron chi connectivity index (χ1n) is 2.82. The third-order valence-electron chi connectivity index (χ3n) is 1.07. The Labute approximate surface area is 84.8 Å². The number of hydrogen-bond acceptors (Lipinski definition) is 0. The van der Waals surface area contributed by atoms with E-state index in [0.717, 1.165) is 4.69 Å². The van der Waals surface area contributed by atoms with Gasteiger partial charge in [-0.05, 0) is 0 Å². The highest BCUT2D eigenvalue weighted by atomic mass is 79.9. The van der Waals surface area contributed by atoms with E-state index in [0.29, 0.717) is 0 Å². The van der Waals surface area contributed by atoms with Gasteiger partial charge in [0.15, 0.2) is 4.69 Å². The van der Waals surface area contributed by atoms with Crippen LogP contribution in [-0.2, 0) is 0 Å². The third kappa shape index (κ3) is 2.79. The van der Waals surface area contributed by atoms with Gasteiger partial charge in [0.25, 0.3) is 0 Å². The summed E-state index contributed by atoms with van der Waals surface area (Å²) in [6.07, 6.45) is 3.76. The van der Waals surface area contributed by atoms with Crippen LogP contribution in [0, 0.1) is 4.69 Å². The average Bonchev–Trinajstić information content (AvgIpc) is 2.05. The molecule has 1 aromatic rings. The van der Waals surface area contributed by atoms with E-state index in [2.05, 4.69) is 15.9 Å². The Kier molecular flexibility index (Phi) is 3.94. The van der Waals surface area contributed by atoms with E-state index in [-0.39, 0.29) is 0 Å². The molecule has 0 aliphatic heterocycles. The predicted octanol–water partition coefficient (Wildman–Crippen LogP) is 3.45. The molecule has 0 saturated heterocycles. The molecule has 0 radical (unpaired) electrons. The lowest BCUT2D eigenvalue weighted by molar-refractivity contribution is -0.627. The first-order valence-corrected chi connectivity index (χ1v) is 6.77. The van der Waals surface area contributed by atoms with Crippen molar-refractivity contribution in [2.24, 2.45) is 0 Å². The summed E-state index contributed by atoms with van der Waals surface area (Å²) in [5.41, 5.74) is 0. The molecule has 1 heterocycles. The summed E-state index contributed by atoms with van der Waals surface area (Å²) in [7, 11) is 0. The van der Waals surface area contributed by atoms with E-state index in [1.807, 2.05) is 35.2 Å². The molecule has 5 heteroatoms. The van der Waals surface area contributed by atoms with Crippen LogP contribution in [0.15, 0.2) is 30.6 Å². The van der Waals surface area contributed by atoms with Crippen LogP contribution < -0.4 is 4.57 Å². The van der Waals surface area contributed by atoms with Crippen molar-refractivity contribution in [1.29, 1.82) is 0 Å². The molecule has 0 unspecified atom stereocenters. The minimum atomic E-state index is -1.10. The zero-order valence-electron chi connectivity index (χ0n) is 5.42. The van der Waals surface area contributed by atoms with Crippen molar-refractivity contribution < 1.29 is 4.57 Å². The molecule has 0 fully saturated rings. The van der Waals surface area contributed by atoms with Gasteiger partial charge in [0, 0.05) is 0 Å². The Hall–Kier alpha value is 0.510. The highest BCUT2D eigenvalue weighted by Gasteiger charge is 2.15. The first-order chi connectivity index (χ1) is 5.22. The van der Waals surface area contributed by atoms with Crippen molar-refractivity contribution in [3.05, 3.63) is 35.3 Å². The predicted molar refractivity (Wildman–Crippen MR) is 52.8 cm³/mol. The average molecular weight is 273 g/mol. The van der Waals surface area contributed by atoms with Gasteiger partial charge in [0.2, 0.25) is 0 Å². The fourth-order valence-corrected chi connectivity index (χ4v) is 1.68. The van der Waals surface area contributed by atoms with E-state index in [9.17, 15) is 0 Å². The molecule has 1 aromatic heterocycles. The molecular weight excluding hydrogens is 268 g/mol. The SMILES string of the molecule is ClP(Cl)[C-](Br)[n+]1ccccc1. The zero-order chi connectivity index (χ0) is 8.27. The Morgan fingerprint density at radius 1 is 1.18 bits per heavy atom. The van der Waals surface area contributed by atoms with Crippen LogP contribution >= 0.6 is 45.0 Å². The van der Waals surface area contributed by atoms with Gasteiger partial charge in [-0.15, -0.1) is 0 Å². The zero-order valence-corrected chi connectivity index (χ0v) is 9.41. The highest BCUT2D eigenvalue weighted by molar-refractivity contribution is 9.12. The first kappa shape index (κ1) is 9.60. The maximum atomic E-state index is 5.69. The molecule has 0 atom stereocenters. The quantitative estimate of drug-likeness (QED) is 0.441. The normalized spacial score (nSPS) is 10.2. The van der Waals surface area contributed by atoms with E-state index in [4.69, 9.17) is 22.5 Å². The van der Waals surface area contributed by atoms with Gasteiger partial charge in [-0.2, -0.15) is 0 Å². The van der Waals surface area contributed by atoms with Gasteiger partial charge >= 0.3 is 0 Å². The molecule has 0 bridgehead atoms. The lowest BCUT2D eigenvalue weighted by Crippen LogP contribution is -2.33. The largest absolute Gasteiger partial charge is 0.319 e. The molecule has 11 heavy (non-hydrogen) atoms. The molecule has 0 aliphatic carbocycles. The molecule has 1 rings (SSSR count). The second-order valence-electron chi connectivity index (χ2n) is 1.78. The summed E-state index contributed by atoms with van der Waals surface area (Å²) in [4.78, 5) is 0. The minimum absolute atomic E-state index is 0.788. The lowest BCUT2D eigenvalue weighted by atomic mass is 10.5. The maximum Gasteiger partial charge on any atom is 0.176 e. The summed E-state index contributed by atoms with van der Waals surface area (Å²) in [5, 5.41) is 0. The third-order valence-corrected chi connectivity index (χ3v) is 5.24. The topological polar surface area (TPSA) is 3.88 Å². The van der Waals surface area contributed by atoms with Gasteiger partial charge in [-0.1, -0.05) is 56.6 Å². The monoisotopic (exact) mass is 271 g/mol. The summed E-state index contributed by atoms with van der Waals surface area (Å²) in [5.74, 6) is 0. The second kappa shape index (κ2) is 4.51. The molecule has 0 saturated carbocycles. The van der Waals surface area contributed by atoms with Crippen LogP contribution in [0.1, 0.15) is 0 Å². The molecule has 0 N–H and O–H groups in total. The number of pyridine rings is 1. The van der Waals surface area contributed by atoms with Crippen LogP contribution in [0.4, 0.5) is 0 Å². The standard InChI is InChI=1S/C6H5BrCl2NP/c7-6(11(8)9)10-4-2-1-3-5-10/h1-5H. The van der Waals surface area contributed by atoms with Crippen molar-refractivity contribution >= 4 is 45.0 Å². The number of rotatable bonds is 2. The van der Waals surface area contributed by atoms with E-state index < -0.39 is 6.63 Å². The van der Waals surface area contributed by atoms with E-state index in [1.165, 1.54) is 0 Å². The van der Waals surface area contributed by atoms with Crippen molar-refractivity contribution in [3.8, 4) is 0 Å². The van der Waals surface area contributed by atoms with Crippen LogP contribution in [0.3, 0.4) is 0 Å². The van der Waals surface area contributed by atoms with Crippen LogP contribution in [0.5, 0.6) is 0 Å². The maximum absolute atomic E-state index is 5.69. The Morgan fingerprint density at radius 2 is 1.73 bits per heavy atom. The Morgan fingerprint density at radius 3 is 2.18 bits per heavy atom. The van der Waals surface area contributed by atoms with Gasteiger partial charge in [0.05, 0.1) is 12.4 Å². The molecule has 0 amide bonds. The number of halogens is 3. The van der Waals surface area contributed by atoms with Gasteiger partial charge < -0.3 is 4.57 Å². The summed E-state index contributed by atoms with van der Waals surface area (Å²) in [6.45, 7) is -1.10. The van der Waals surface area contributed by atoms with Gasteiger partial charge in [0.1, 0.15) is 6.63 Å². The molecule has 1 nitrogen and oxygen atoms in total. The molecule has 0 spiro atoms. The van der Waals surface area contributed by atoms with Crippen LogP contribution in [0.2, 0.25) is 0 Å². The fraction of sp³-hybridized carbons (Fsp3) is 0. The summed E-state index contributed by atoms with van der Waals surface area (Å²) >= 11 is 14.7. The number of aromatic nitrogens is 1. The van der Waals surface area contributed by atoms with E-state index >= 15 is 0 Å². The van der Waals surface area contributed by atoms with Crippen molar-refractivity contribution in [3.63, 3.8) is 0 Å². The molecule has 0 aromatic carbocycles. The fourth-order valence-electron chi connectivity index (χ4n) is 0.609. The minimum Gasteiger partial charge on any atom is -0.319 e. The van der Waals surface area contributed by atoms with Gasteiger partial charge in [-0.25, -0.2) is 0 Å². The lowest BCUT2D eigenvalue weighted by Gasteiger charge is -2.11. The van der Waals surface area contributed by atoms with Crippen molar-refractivity contribution in [2.45, 2.75) is 0 Å². The Balaban J connectivity index is 2.77. The van der Waals surface area contributed by atoms with Crippen molar-refractivity contribution in [2.75, 3.05) is 0 Å². The second-order valence-corrected chi connectivity index (χ2v) is 6.59.